The third-order valence-corrected chi connectivity index (χ3v) is 5.55. The number of thioether (sulfide) groups is 1. The zero-order valence-electron chi connectivity index (χ0n) is 20.3. The minimum absolute atomic E-state index is 0.00993. The van der Waals surface area contributed by atoms with Gasteiger partial charge in [0.1, 0.15) is 24.2 Å². The predicted octanol–water partition coefficient (Wildman–Crippen LogP) is -3.09. The molecule has 0 bridgehead atoms. The fourth-order valence-corrected chi connectivity index (χ4v) is 3.31. The Bertz CT molecular complexity index is 792. The van der Waals surface area contributed by atoms with Crippen LogP contribution < -0.4 is 33.2 Å². The smallest absolute Gasteiger partial charge is 0.326 e. The van der Waals surface area contributed by atoms with Crippen molar-refractivity contribution in [3.8, 4) is 0 Å². The maximum Gasteiger partial charge on any atom is 0.326 e. The van der Waals surface area contributed by atoms with Crippen molar-refractivity contribution in [3.63, 3.8) is 0 Å². The summed E-state index contributed by atoms with van der Waals surface area (Å²) in [6.45, 7) is 1.39. The molecule has 16 heteroatoms. The number of aliphatic hydroxyl groups excluding tert-OH is 1. The lowest BCUT2D eigenvalue weighted by atomic mass is 10.1. The van der Waals surface area contributed by atoms with Crippen molar-refractivity contribution in [3.05, 3.63) is 0 Å². The van der Waals surface area contributed by atoms with Gasteiger partial charge in [0.15, 0.2) is 5.96 Å². The van der Waals surface area contributed by atoms with E-state index in [9.17, 15) is 34.2 Å². The zero-order chi connectivity index (χ0) is 27.8. The van der Waals surface area contributed by atoms with Crippen LogP contribution in [0.25, 0.3) is 0 Å². The number of guanidine groups is 1. The van der Waals surface area contributed by atoms with Crippen LogP contribution in [0.4, 0.5) is 0 Å². The molecule has 0 heterocycles. The standard InChI is InChI=1S/C20H37N7O8S/c1-10(28)15(21)18(33)26-12(5-6-14(29)30)17(32)25-11(4-3-8-24-20(22)23)16(31)27-13(19(34)35)7-9-36-2/h10-13,15,28H,3-9,21H2,1-2H3,(H,25,32)(H,26,33)(H,27,31)(H,29,30)(H,34,35)(H4,22,23,24). The van der Waals surface area contributed by atoms with Crippen LogP contribution in [0, 0.1) is 0 Å². The van der Waals surface area contributed by atoms with E-state index in [0.717, 1.165) is 0 Å². The summed E-state index contributed by atoms with van der Waals surface area (Å²) < 4.78 is 0. The molecule has 0 aromatic carbocycles. The summed E-state index contributed by atoms with van der Waals surface area (Å²) in [6.07, 6.45) is 0.116. The second-order valence-corrected chi connectivity index (χ2v) is 8.94. The molecule has 0 spiro atoms. The molecule has 0 fully saturated rings. The maximum absolute atomic E-state index is 12.9. The van der Waals surface area contributed by atoms with Crippen molar-refractivity contribution in [1.29, 1.82) is 0 Å². The van der Waals surface area contributed by atoms with E-state index in [0.29, 0.717) is 5.75 Å². The number of hydrogen-bond donors (Lipinski definition) is 9. The summed E-state index contributed by atoms with van der Waals surface area (Å²) in [6, 6.07) is -5.21. The Balaban J connectivity index is 5.67. The third kappa shape index (κ3) is 13.7. The Hall–Kier alpha value is -3.11. The first-order chi connectivity index (χ1) is 16.8. The highest BCUT2D eigenvalue weighted by Gasteiger charge is 2.31. The third-order valence-electron chi connectivity index (χ3n) is 4.91. The van der Waals surface area contributed by atoms with Crippen molar-refractivity contribution in [2.75, 3.05) is 18.6 Å². The van der Waals surface area contributed by atoms with Crippen molar-refractivity contribution < 1.29 is 39.3 Å². The number of nitrogens with one attached hydrogen (secondary N) is 3. The summed E-state index contributed by atoms with van der Waals surface area (Å²) in [5.41, 5.74) is 16.1. The van der Waals surface area contributed by atoms with Crippen LogP contribution in [0.15, 0.2) is 4.99 Å². The number of aliphatic carboxylic acids is 2. The molecule has 36 heavy (non-hydrogen) atoms. The van der Waals surface area contributed by atoms with Gasteiger partial charge < -0.3 is 48.5 Å². The Morgan fingerprint density at radius 1 is 0.889 bits per heavy atom. The molecular weight excluding hydrogens is 498 g/mol. The van der Waals surface area contributed by atoms with Crippen molar-refractivity contribution in [2.45, 2.75) is 69.3 Å². The molecular formula is C20H37N7O8S. The molecule has 0 aliphatic rings. The van der Waals surface area contributed by atoms with Gasteiger partial charge in [0.25, 0.3) is 0 Å². The number of carboxylic acid groups (broad SMARTS) is 2. The van der Waals surface area contributed by atoms with E-state index >= 15 is 0 Å². The quantitative estimate of drug-likeness (QED) is 0.0479. The fraction of sp³-hybridized carbons (Fsp3) is 0.700. The van der Waals surface area contributed by atoms with Gasteiger partial charge in [-0.25, -0.2) is 4.79 Å². The van der Waals surface area contributed by atoms with E-state index in [-0.39, 0.29) is 38.2 Å². The summed E-state index contributed by atoms with van der Waals surface area (Å²) >= 11 is 1.40. The minimum atomic E-state index is -1.39. The first-order valence-corrected chi connectivity index (χ1v) is 12.5. The topological polar surface area (TPSA) is 273 Å². The lowest BCUT2D eigenvalue weighted by molar-refractivity contribution is -0.142. The van der Waals surface area contributed by atoms with Gasteiger partial charge >= 0.3 is 11.9 Å². The predicted molar refractivity (Wildman–Crippen MR) is 133 cm³/mol. The van der Waals surface area contributed by atoms with E-state index in [2.05, 4.69) is 20.9 Å². The number of aliphatic imine (C=N–C) groups is 1. The first-order valence-electron chi connectivity index (χ1n) is 11.1. The van der Waals surface area contributed by atoms with E-state index in [1.54, 1.807) is 6.26 Å². The largest absolute Gasteiger partial charge is 0.481 e. The second-order valence-electron chi connectivity index (χ2n) is 7.95. The SMILES string of the molecule is CSCCC(NC(=O)C(CCCN=C(N)N)NC(=O)C(CCC(=O)O)NC(=O)C(N)C(C)O)C(=O)O. The fourth-order valence-electron chi connectivity index (χ4n) is 2.83. The van der Waals surface area contributed by atoms with Crippen LogP contribution in [0.5, 0.6) is 0 Å². The van der Waals surface area contributed by atoms with Crippen LogP contribution in [0.3, 0.4) is 0 Å². The Morgan fingerprint density at radius 2 is 1.42 bits per heavy atom. The van der Waals surface area contributed by atoms with E-state index in [1.807, 2.05) is 0 Å². The summed E-state index contributed by atoms with van der Waals surface area (Å²) in [5, 5.41) is 35.0. The number of nitrogens with two attached hydrogens (primary N) is 3. The molecule has 15 nitrogen and oxygen atoms in total. The molecule has 0 aromatic rings. The molecule has 0 radical (unpaired) electrons. The van der Waals surface area contributed by atoms with E-state index < -0.39 is 66.4 Å². The molecule has 0 aliphatic carbocycles. The van der Waals surface area contributed by atoms with E-state index in [1.165, 1.54) is 18.7 Å². The molecule has 206 valence electrons. The molecule has 5 atom stereocenters. The molecule has 3 amide bonds. The first kappa shape index (κ1) is 32.9. The highest BCUT2D eigenvalue weighted by molar-refractivity contribution is 7.98. The number of hydrogen-bond acceptors (Lipinski definition) is 9. The number of carbonyl (C=O) groups excluding carboxylic acids is 3. The average molecular weight is 536 g/mol. The van der Waals surface area contributed by atoms with Gasteiger partial charge in [0, 0.05) is 13.0 Å². The number of carboxylic acids is 2. The zero-order valence-corrected chi connectivity index (χ0v) is 21.1. The van der Waals surface area contributed by atoms with Gasteiger partial charge in [-0.1, -0.05) is 0 Å². The monoisotopic (exact) mass is 535 g/mol. The van der Waals surface area contributed by atoms with Crippen LogP contribution in [0.2, 0.25) is 0 Å². The minimum Gasteiger partial charge on any atom is -0.481 e. The van der Waals surface area contributed by atoms with Crippen molar-refractivity contribution in [2.24, 2.45) is 22.2 Å². The Kier molecular flexibility index (Phi) is 15.8. The number of amides is 3. The summed E-state index contributed by atoms with van der Waals surface area (Å²) in [7, 11) is 0. The van der Waals surface area contributed by atoms with E-state index in [4.69, 9.17) is 22.3 Å². The van der Waals surface area contributed by atoms with Gasteiger partial charge in [-0.3, -0.25) is 24.2 Å². The van der Waals surface area contributed by atoms with Crippen LogP contribution in [-0.2, 0) is 24.0 Å². The maximum atomic E-state index is 12.9. The molecule has 0 aromatic heterocycles. The average Bonchev–Trinajstić information content (AvgIpc) is 2.79. The number of nitrogens with zero attached hydrogens (tertiary/aromatic N) is 1. The molecule has 0 rings (SSSR count). The molecule has 0 saturated heterocycles. The van der Waals surface area contributed by atoms with Crippen molar-refractivity contribution >= 4 is 47.4 Å². The van der Waals surface area contributed by atoms with Gasteiger partial charge in [0.05, 0.1) is 6.10 Å². The van der Waals surface area contributed by atoms with Crippen molar-refractivity contribution in [1.82, 2.24) is 16.0 Å². The Morgan fingerprint density at radius 3 is 1.89 bits per heavy atom. The molecule has 5 unspecified atom stereocenters. The number of aliphatic hydroxyl groups is 1. The van der Waals surface area contributed by atoms with Crippen LogP contribution in [0.1, 0.15) is 39.0 Å². The second kappa shape index (κ2) is 17.3. The summed E-state index contributed by atoms with van der Waals surface area (Å²) in [4.78, 5) is 64.4. The summed E-state index contributed by atoms with van der Waals surface area (Å²) in [5.74, 6) is -4.76. The van der Waals surface area contributed by atoms with Gasteiger partial charge in [-0.15, -0.1) is 0 Å². The van der Waals surface area contributed by atoms with Gasteiger partial charge in [-0.05, 0) is 44.6 Å². The highest BCUT2D eigenvalue weighted by Crippen LogP contribution is 2.06. The Labute approximate surface area is 213 Å². The molecule has 0 saturated carbocycles. The van der Waals surface area contributed by atoms with Crippen LogP contribution in [-0.4, -0.2) is 99.8 Å². The normalized spacial score (nSPS) is 14.9. The lowest BCUT2D eigenvalue weighted by Crippen LogP contribution is -2.58. The van der Waals surface area contributed by atoms with Gasteiger partial charge in [-0.2, -0.15) is 11.8 Å². The number of carbonyl (C=O) groups is 5. The highest BCUT2D eigenvalue weighted by atomic mass is 32.2. The molecule has 12 N–H and O–H groups in total. The number of rotatable bonds is 18. The molecule has 0 aliphatic heterocycles. The van der Waals surface area contributed by atoms with Gasteiger partial charge in [0.2, 0.25) is 17.7 Å². The lowest BCUT2D eigenvalue weighted by Gasteiger charge is -2.25. The van der Waals surface area contributed by atoms with Crippen LogP contribution >= 0.6 is 11.8 Å².